The Kier molecular flexibility index (Phi) is 7.08. The number of methoxy groups -OCH3 is 1. The van der Waals surface area contributed by atoms with Gasteiger partial charge in [-0.25, -0.2) is 0 Å². The number of benzene rings is 1. The Hall–Kier alpha value is -0.883. The van der Waals surface area contributed by atoms with Crippen LogP contribution in [-0.2, 0) is 20.5 Å². The van der Waals surface area contributed by atoms with Gasteiger partial charge in [-0.2, -0.15) is 0 Å². The van der Waals surface area contributed by atoms with Crippen molar-refractivity contribution < 1.29 is 18.6 Å². The van der Waals surface area contributed by atoms with E-state index in [4.69, 9.17) is 18.6 Å². The van der Waals surface area contributed by atoms with Crippen LogP contribution in [0.2, 0.25) is 18.1 Å². The van der Waals surface area contributed by atoms with Crippen LogP contribution in [0.4, 0.5) is 0 Å². The van der Waals surface area contributed by atoms with Crippen molar-refractivity contribution in [2.24, 2.45) is 0 Å². The lowest BCUT2D eigenvalue weighted by atomic mass is 10.1. The predicted molar refractivity (Wildman–Crippen MR) is 104 cm³/mol. The van der Waals surface area contributed by atoms with Crippen molar-refractivity contribution in [3.8, 4) is 5.75 Å². The first-order valence-corrected chi connectivity index (χ1v) is 12.1. The first-order valence-electron chi connectivity index (χ1n) is 9.21. The smallest absolute Gasteiger partial charge is 0.192 e. The zero-order valence-electron chi connectivity index (χ0n) is 16.6. The largest absolute Gasteiger partial charge is 0.497 e. The second-order valence-corrected chi connectivity index (χ2v) is 13.1. The Morgan fingerprint density at radius 3 is 2.36 bits per heavy atom. The first kappa shape index (κ1) is 20.4. The van der Waals surface area contributed by atoms with Gasteiger partial charge in [0.15, 0.2) is 8.32 Å². The molecule has 1 heterocycles. The average molecular weight is 367 g/mol. The molecule has 0 N–H and O–H groups in total. The Bertz CT molecular complexity index is 517. The summed E-state index contributed by atoms with van der Waals surface area (Å²) >= 11 is 0. The Morgan fingerprint density at radius 2 is 1.84 bits per heavy atom. The van der Waals surface area contributed by atoms with Crippen LogP contribution in [0.15, 0.2) is 24.3 Å². The minimum atomic E-state index is -1.77. The highest BCUT2D eigenvalue weighted by Gasteiger charge is 2.40. The van der Waals surface area contributed by atoms with E-state index in [9.17, 15) is 0 Å². The first-order chi connectivity index (χ1) is 11.7. The molecule has 1 aromatic rings. The second-order valence-electron chi connectivity index (χ2n) is 8.38. The van der Waals surface area contributed by atoms with Crippen LogP contribution < -0.4 is 4.74 Å². The number of hydrogen-bond acceptors (Lipinski definition) is 4. The monoisotopic (exact) mass is 366 g/mol. The molecule has 4 nitrogen and oxygen atoms in total. The molecule has 142 valence electrons. The van der Waals surface area contributed by atoms with E-state index < -0.39 is 8.32 Å². The predicted octanol–water partition coefficient (Wildman–Crippen LogP) is 4.78. The lowest BCUT2D eigenvalue weighted by Gasteiger charge is -2.39. The van der Waals surface area contributed by atoms with Gasteiger partial charge < -0.3 is 18.6 Å². The molecule has 2 atom stereocenters. The molecular formula is C20H34O4Si. The van der Waals surface area contributed by atoms with Crippen molar-refractivity contribution in [2.45, 2.75) is 70.6 Å². The average Bonchev–Trinajstić information content (AvgIpc) is 3.34. The summed E-state index contributed by atoms with van der Waals surface area (Å²) in [7, 11) is -0.0885. The van der Waals surface area contributed by atoms with Gasteiger partial charge in [-0.15, -0.1) is 0 Å². The fraction of sp³-hybridized carbons (Fsp3) is 0.700. The quantitative estimate of drug-likeness (QED) is 0.339. The molecule has 0 aliphatic carbocycles. The van der Waals surface area contributed by atoms with Gasteiger partial charge in [-0.05, 0) is 42.2 Å². The summed E-state index contributed by atoms with van der Waals surface area (Å²) in [5.41, 5.74) is 1.16. The summed E-state index contributed by atoms with van der Waals surface area (Å²) in [5.74, 6) is 0.871. The topological polar surface area (TPSA) is 40.2 Å². The molecular weight excluding hydrogens is 332 g/mol. The van der Waals surface area contributed by atoms with Crippen LogP contribution in [0.25, 0.3) is 0 Å². The van der Waals surface area contributed by atoms with E-state index in [1.165, 1.54) is 0 Å². The third kappa shape index (κ3) is 6.74. The van der Waals surface area contributed by atoms with Gasteiger partial charge in [-0.3, -0.25) is 0 Å². The maximum atomic E-state index is 6.60. The second kappa shape index (κ2) is 8.67. The standard InChI is InChI=1S/C20H34O4Si/c1-20(2,3)25(5,6)24-18(13-19-15-23-19)11-12-22-14-16-7-9-17(21-4)10-8-16/h7-10,18-19H,11-15H2,1-6H3/t18-,19+/m0/s1. The third-order valence-electron chi connectivity index (χ3n) is 5.21. The van der Waals surface area contributed by atoms with E-state index in [-0.39, 0.29) is 11.1 Å². The molecule has 0 spiro atoms. The van der Waals surface area contributed by atoms with E-state index in [1.807, 2.05) is 24.3 Å². The van der Waals surface area contributed by atoms with Crippen molar-refractivity contribution in [3.05, 3.63) is 29.8 Å². The number of ether oxygens (including phenoxy) is 3. The van der Waals surface area contributed by atoms with Crippen molar-refractivity contribution >= 4 is 8.32 Å². The van der Waals surface area contributed by atoms with Gasteiger partial charge >= 0.3 is 0 Å². The fourth-order valence-electron chi connectivity index (χ4n) is 2.44. The van der Waals surface area contributed by atoms with E-state index in [0.717, 1.165) is 30.8 Å². The lowest BCUT2D eigenvalue weighted by molar-refractivity contribution is 0.0710. The van der Waals surface area contributed by atoms with Crippen molar-refractivity contribution in [2.75, 3.05) is 20.3 Å². The Labute approximate surface area is 153 Å². The SMILES string of the molecule is COc1ccc(COCC[C@@H](C[C@@H]2CO2)O[Si](C)(C)C(C)(C)C)cc1. The lowest BCUT2D eigenvalue weighted by Crippen LogP contribution is -2.44. The molecule has 0 aromatic heterocycles. The van der Waals surface area contributed by atoms with Gasteiger partial charge in [-0.1, -0.05) is 32.9 Å². The summed E-state index contributed by atoms with van der Waals surface area (Å²) in [6.07, 6.45) is 2.52. The summed E-state index contributed by atoms with van der Waals surface area (Å²) in [5, 5.41) is 0.222. The van der Waals surface area contributed by atoms with E-state index in [1.54, 1.807) is 7.11 Å². The van der Waals surface area contributed by atoms with Crippen LogP contribution >= 0.6 is 0 Å². The number of rotatable bonds is 10. The molecule has 0 radical (unpaired) electrons. The maximum absolute atomic E-state index is 6.60. The summed E-state index contributed by atoms with van der Waals surface area (Å²) in [4.78, 5) is 0. The van der Waals surface area contributed by atoms with Crippen molar-refractivity contribution in [3.63, 3.8) is 0 Å². The van der Waals surface area contributed by atoms with Gasteiger partial charge in [0.25, 0.3) is 0 Å². The summed E-state index contributed by atoms with van der Waals surface area (Å²) in [6.45, 7) is 13.7. The molecule has 1 aromatic carbocycles. The van der Waals surface area contributed by atoms with Crippen LogP contribution in [0.1, 0.15) is 39.2 Å². The molecule has 0 saturated carbocycles. The number of hydrogen-bond donors (Lipinski definition) is 0. The highest BCUT2D eigenvalue weighted by Crippen LogP contribution is 2.38. The number of epoxide rings is 1. The van der Waals surface area contributed by atoms with E-state index >= 15 is 0 Å². The normalized spacial score (nSPS) is 18.9. The van der Waals surface area contributed by atoms with Crippen LogP contribution in [0.5, 0.6) is 5.75 Å². The molecule has 1 aliphatic heterocycles. The maximum Gasteiger partial charge on any atom is 0.192 e. The van der Waals surface area contributed by atoms with Crippen LogP contribution in [0.3, 0.4) is 0 Å². The molecule has 0 bridgehead atoms. The minimum absolute atomic E-state index is 0.222. The molecule has 1 saturated heterocycles. The molecule has 5 heteroatoms. The molecule has 1 fully saturated rings. The van der Waals surface area contributed by atoms with Crippen LogP contribution in [0, 0.1) is 0 Å². The molecule has 1 aliphatic rings. The van der Waals surface area contributed by atoms with Crippen molar-refractivity contribution in [1.29, 1.82) is 0 Å². The molecule has 2 rings (SSSR count). The van der Waals surface area contributed by atoms with Crippen molar-refractivity contribution in [1.82, 2.24) is 0 Å². The third-order valence-corrected chi connectivity index (χ3v) is 9.74. The van der Waals surface area contributed by atoms with Gasteiger partial charge in [0.1, 0.15) is 5.75 Å². The van der Waals surface area contributed by atoms with Gasteiger partial charge in [0, 0.05) is 19.1 Å². The Morgan fingerprint density at radius 1 is 1.20 bits per heavy atom. The van der Waals surface area contributed by atoms with Gasteiger partial charge in [0.2, 0.25) is 0 Å². The highest BCUT2D eigenvalue weighted by atomic mass is 28.4. The molecule has 0 amide bonds. The zero-order valence-corrected chi connectivity index (χ0v) is 17.6. The zero-order chi connectivity index (χ0) is 18.5. The minimum Gasteiger partial charge on any atom is -0.497 e. The fourth-order valence-corrected chi connectivity index (χ4v) is 3.84. The highest BCUT2D eigenvalue weighted by molar-refractivity contribution is 6.74. The summed E-state index contributed by atoms with van der Waals surface area (Å²) < 4.78 is 23.1. The molecule has 25 heavy (non-hydrogen) atoms. The van der Waals surface area contributed by atoms with E-state index in [0.29, 0.717) is 19.3 Å². The van der Waals surface area contributed by atoms with Gasteiger partial charge in [0.05, 0.1) is 26.4 Å². The summed E-state index contributed by atoms with van der Waals surface area (Å²) in [6, 6.07) is 8.01. The Balaban J connectivity index is 1.79. The van der Waals surface area contributed by atoms with E-state index in [2.05, 4.69) is 33.9 Å². The van der Waals surface area contributed by atoms with Crippen LogP contribution in [-0.4, -0.2) is 40.8 Å². The molecule has 0 unspecified atom stereocenters.